The third-order valence-electron chi connectivity index (χ3n) is 1.43. The van der Waals surface area contributed by atoms with E-state index >= 15 is 0 Å². The fourth-order valence-electron chi connectivity index (χ4n) is 0.830. The lowest BCUT2D eigenvalue weighted by Gasteiger charge is -2.03. The fourth-order valence-corrected chi connectivity index (χ4v) is 0.977. The first kappa shape index (κ1) is 10.9. The first-order chi connectivity index (χ1) is 6.72. The molecule has 0 spiro atoms. The van der Waals surface area contributed by atoms with Gasteiger partial charge in [-0.3, -0.25) is 4.79 Å². The maximum Gasteiger partial charge on any atom is 0.239 e. The van der Waals surface area contributed by atoms with Crippen LogP contribution in [-0.2, 0) is 4.79 Å². The number of likely N-dealkylation sites (N-methyl/N-ethyl adjacent to an activating group) is 1. The summed E-state index contributed by atoms with van der Waals surface area (Å²) in [6.07, 6.45) is 1.48. The zero-order valence-corrected chi connectivity index (χ0v) is 8.51. The maximum atomic E-state index is 11.2. The van der Waals surface area contributed by atoms with Gasteiger partial charge >= 0.3 is 0 Å². The van der Waals surface area contributed by atoms with Crippen molar-refractivity contribution in [3.8, 4) is 0 Å². The van der Waals surface area contributed by atoms with E-state index in [1.807, 2.05) is 6.92 Å². The monoisotopic (exact) mass is 214 g/mol. The molecule has 5 nitrogen and oxygen atoms in total. The molecule has 0 saturated carbocycles. The Morgan fingerprint density at radius 3 is 3.07 bits per heavy atom. The minimum atomic E-state index is -0.151. The van der Waals surface area contributed by atoms with Crippen molar-refractivity contribution in [1.29, 1.82) is 0 Å². The summed E-state index contributed by atoms with van der Waals surface area (Å²) >= 11 is 5.54. The van der Waals surface area contributed by atoms with Crippen LogP contribution in [0.5, 0.6) is 0 Å². The number of rotatable bonds is 4. The van der Waals surface area contributed by atoms with Crippen LogP contribution in [0.25, 0.3) is 0 Å². The molecule has 0 unspecified atom stereocenters. The largest absolute Gasteiger partial charge is 0.309 e. The second-order valence-corrected chi connectivity index (χ2v) is 2.88. The molecule has 1 amide bonds. The van der Waals surface area contributed by atoms with Gasteiger partial charge in [-0.05, 0) is 24.2 Å². The number of amides is 1. The van der Waals surface area contributed by atoms with Crippen molar-refractivity contribution < 1.29 is 4.79 Å². The molecule has 0 aliphatic heterocycles. The number of anilines is 1. The molecule has 76 valence electrons. The summed E-state index contributed by atoms with van der Waals surface area (Å²) in [7, 11) is 0. The van der Waals surface area contributed by atoms with E-state index in [9.17, 15) is 4.79 Å². The second-order valence-electron chi connectivity index (χ2n) is 2.54. The van der Waals surface area contributed by atoms with Crippen molar-refractivity contribution in [3.63, 3.8) is 0 Å². The SMILES string of the molecule is CCNCC(=O)Nc1ccnc(Cl)n1. The lowest BCUT2D eigenvalue weighted by atomic mass is 10.5. The number of halogens is 1. The lowest BCUT2D eigenvalue weighted by Crippen LogP contribution is -2.28. The van der Waals surface area contributed by atoms with E-state index in [0.29, 0.717) is 5.82 Å². The molecule has 0 aliphatic rings. The van der Waals surface area contributed by atoms with E-state index in [4.69, 9.17) is 11.6 Å². The predicted molar refractivity (Wildman–Crippen MR) is 54.2 cm³/mol. The van der Waals surface area contributed by atoms with Crippen LogP contribution in [-0.4, -0.2) is 29.0 Å². The molecule has 0 radical (unpaired) electrons. The van der Waals surface area contributed by atoms with E-state index in [1.165, 1.54) is 6.20 Å². The van der Waals surface area contributed by atoms with Crippen LogP contribution in [0.4, 0.5) is 5.82 Å². The van der Waals surface area contributed by atoms with E-state index in [2.05, 4.69) is 20.6 Å². The molecule has 0 aromatic carbocycles. The molecule has 0 aliphatic carbocycles. The van der Waals surface area contributed by atoms with Crippen LogP contribution in [0.2, 0.25) is 5.28 Å². The second kappa shape index (κ2) is 5.51. The molecule has 0 bridgehead atoms. The minimum Gasteiger partial charge on any atom is -0.309 e. The predicted octanol–water partition coefficient (Wildman–Crippen LogP) is 0.678. The summed E-state index contributed by atoms with van der Waals surface area (Å²) < 4.78 is 0. The highest BCUT2D eigenvalue weighted by molar-refractivity contribution is 6.28. The van der Waals surface area contributed by atoms with Gasteiger partial charge in [-0.1, -0.05) is 6.92 Å². The van der Waals surface area contributed by atoms with E-state index < -0.39 is 0 Å². The summed E-state index contributed by atoms with van der Waals surface area (Å²) in [5.74, 6) is 0.259. The Labute approximate surface area is 86.9 Å². The van der Waals surface area contributed by atoms with Crippen molar-refractivity contribution in [3.05, 3.63) is 17.5 Å². The smallest absolute Gasteiger partial charge is 0.239 e. The van der Waals surface area contributed by atoms with Crippen molar-refractivity contribution in [2.75, 3.05) is 18.4 Å². The number of aromatic nitrogens is 2. The highest BCUT2D eigenvalue weighted by Crippen LogP contribution is 2.04. The topological polar surface area (TPSA) is 66.9 Å². The Morgan fingerprint density at radius 2 is 2.43 bits per heavy atom. The fraction of sp³-hybridized carbons (Fsp3) is 0.375. The van der Waals surface area contributed by atoms with Gasteiger partial charge in [0.2, 0.25) is 11.2 Å². The van der Waals surface area contributed by atoms with Gasteiger partial charge in [0.05, 0.1) is 6.54 Å². The van der Waals surface area contributed by atoms with Crippen LogP contribution in [0.1, 0.15) is 6.92 Å². The molecule has 1 aromatic heterocycles. The Hall–Kier alpha value is -1.20. The van der Waals surface area contributed by atoms with Crippen LogP contribution < -0.4 is 10.6 Å². The zero-order valence-electron chi connectivity index (χ0n) is 7.75. The summed E-state index contributed by atoms with van der Waals surface area (Å²) in [5, 5.41) is 5.59. The first-order valence-electron chi connectivity index (χ1n) is 4.21. The first-order valence-corrected chi connectivity index (χ1v) is 4.59. The average molecular weight is 215 g/mol. The molecular formula is C8H11ClN4O. The van der Waals surface area contributed by atoms with E-state index in [1.54, 1.807) is 6.07 Å². The van der Waals surface area contributed by atoms with Crippen molar-refractivity contribution in [1.82, 2.24) is 15.3 Å². The Bertz CT molecular complexity index is 318. The highest BCUT2D eigenvalue weighted by atomic mass is 35.5. The molecule has 0 saturated heterocycles. The molecule has 14 heavy (non-hydrogen) atoms. The van der Waals surface area contributed by atoms with Crippen LogP contribution >= 0.6 is 11.6 Å². The number of carbonyl (C=O) groups is 1. The minimum absolute atomic E-state index is 0.117. The Kier molecular flexibility index (Phi) is 4.28. The Morgan fingerprint density at radius 1 is 1.64 bits per heavy atom. The molecule has 6 heteroatoms. The van der Waals surface area contributed by atoms with Crippen LogP contribution in [0.15, 0.2) is 12.3 Å². The van der Waals surface area contributed by atoms with Gasteiger partial charge in [-0.25, -0.2) is 9.97 Å². The number of hydrogen-bond acceptors (Lipinski definition) is 4. The molecule has 2 N–H and O–H groups in total. The summed E-state index contributed by atoms with van der Waals surface area (Å²) in [6.45, 7) is 2.94. The normalized spacial score (nSPS) is 9.86. The third kappa shape index (κ3) is 3.68. The number of carbonyl (C=O) groups excluding carboxylic acids is 1. The Balaban J connectivity index is 2.47. The molecular weight excluding hydrogens is 204 g/mol. The van der Waals surface area contributed by atoms with Gasteiger partial charge in [0.15, 0.2) is 0 Å². The summed E-state index contributed by atoms with van der Waals surface area (Å²) in [5.41, 5.74) is 0. The quantitative estimate of drug-likeness (QED) is 0.724. The molecule has 0 fully saturated rings. The van der Waals surface area contributed by atoms with Gasteiger partial charge in [0.25, 0.3) is 0 Å². The van der Waals surface area contributed by atoms with E-state index in [-0.39, 0.29) is 17.7 Å². The van der Waals surface area contributed by atoms with Gasteiger partial charge in [0, 0.05) is 6.20 Å². The summed E-state index contributed by atoms with van der Waals surface area (Å²) in [6, 6.07) is 1.58. The van der Waals surface area contributed by atoms with Gasteiger partial charge in [0.1, 0.15) is 5.82 Å². The number of nitrogens with one attached hydrogen (secondary N) is 2. The lowest BCUT2D eigenvalue weighted by molar-refractivity contribution is -0.115. The number of nitrogens with zero attached hydrogens (tertiary/aromatic N) is 2. The summed E-state index contributed by atoms with van der Waals surface area (Å²) in [4.78, 5) is 18.7. The average Bonchev–Trinajstić information content (AvgIpc) is 2.15. The molecule has 0 atom stereocenters. The van der Waals surface area contributed by atoms with Gasteiger partial charge < -0.3 is 10.6 Å². The van der Waals surface area contributed by atoms with Crippen LogP contribution in [0.3, 0.4) is 0 Å². The number of hydrogen-bond donors (Lipinski definition) is 2. The third-order valence-corrected chi connectivity index (χ3v) is 1.61. The van der Waals surface area contributed by atoms with Crippen molar-refractivity contribution in [2.45, 2.75) is 6.92 Å². The van der Waals surface area contributed by atoms with Gasteiger partial charge in [-0.15, -0.1) is 0 Å². The van der Waals surface area contributed by atoms with Crippen molar-refractivity contribution in [2.24, 2.45) is 0 Å². The van der Waals surface area contributed by atoms with E-state index in [0.717, 1.165) is 6.54 Å². The molecule has 1 heterocycles. The maximum absolute atomic E-state index is 11.2. The van der Waals surface area contributed by atoms with Crippen molar-refractivity contribution >= 4 is 23.3 Å². The van der Waals surface area contributed by atoms with Crippen LogP contribution in [0, 0.1) is 0 Å². The molecule has 1 aromatic rings. The molecule has 1 rings (SSSR count). The standard InChI is InChI=1S/C8H11ClN4O/c1-2-10-5-7(14)12-6-3-4-11-8(9)13-6/h3-4,10H,2,5H2,1H3,(H,11,12,13,14). The highest BCUT2D eigenvalue weighted by Gasteiger charge is 2.02. The zero-order chi connectivity index (χ0) is 10.4. The van der Waals surface area contributed by atoms with Gasteiger partial charge in [-0.2, -0.15) is 0 Å².